The summed E-state index contributed by atoms with van der Waals surface area (Å²) in [6, 6.07) is 3.48. The van der Waals surface area contributed by atoms with Gasteiger partial charge in [0.25, 0.3) is 0 Å². The summed E-state index contributed by atoms with van der Waals surface area (Å²) in [7, 11) is 0. The molecule has 20 heavy (non-hydrogen) atoms. The molecule has 0 radical (unpaired) electrons. The lowest BCUT2D eigenvalue weighted by molar-refractivity contribution is 0.342. The SMILES string of the molecule is CC(C)NCc1ccncc1N1CCC2CCCCC21. The van der Waals surface area contributed by atoms with Gasteiger partial charge in [0.15, 0.2) is 0 Å². The first-order valence-electron chi connectivity index (χ1n) is 8.18. The third kappa shape index (κ3) is 2.83. The number of nitrogens with one attached hydrogen (secondary N) is 1. The van der Waals surface area contributed by atoms with Crippen LogP contribution < -0.4 is 10.2 Å². The number of anilines is 1. The predicted octanol–water partition coefficient (Wildman–Crippen LogP) is 3.35. The monoisotopic (exact) mass is 273 g/mol. The second-order valence-electron chi connectivity index (χ2n) is 6.63. The standard InChI is InChI=1S/C17H27N3/c1-13(2)19-11-15-7-9-18-12-17(15)20-10-8-14-5-3-4-6-16(14)20/h7,9,12-14,16,19H,3-6,8,10-11H2,1-2H3. The molecule has 1 aromatic rings. The summed E-state index contributed by atoms with van der Waals surface area (Å²) in [6.45, 7) is 6.57. The van der Waals surface area contributed by atoms with E-state index in [1.807, 2.05) is 6.20 Å². The van der Waals surface area contributed by atoms with Gasteiger partial charge in [-0.2, -0.15) is 0 Å². The molecule has 2 aliphatic rings. The summed E-state index contributed by atoms with van der Waals surface area (Å²) in [4.78, 5) is 7.03. The van der Waals surface area contributed by atoms with E-state index >= 15 is 0 Å². The van der Waals surface area contributed by atoms with Crippen molar-refractivity contribution in [3.05, 3.63) is 24.0 Å². The molecule has 1 N–H and O–H groups in total. The number of nitrogens with zero attached hydrogens (tertiary/aromatic N) is 2. The van der Waals surface area contributed by atoms with E-state index in [2.05, 4.69) is 41.3 Å². The van der Waals surface area contributed by atoms with Gasteiger partial charge in [-0.15, -0.1) is 0 Å². The number of aromatic nitrogens is 1. The van der Waals surface area contributed by atoms with Crippen LogP contribution >= 0.6 is 0 Å². The molecule has 2 fully saturated rings. The van der Waals surface area contributed by atoms with Crippen LogP contribution in [0.5, 0.6) is 0 Å². The van der Waals surface area contributed by atoms with Gasteiger partial charge in [-0.3, -0.25) is 4.98 Å². The van der Waals surface area contributed by atoms with E-state index in [0.29, 0.717) is 6.04 Å². The first kappa shape index (κ1) is 13.9. The second kappa shape index (κ2) is 6.13. The first-order chi connectivity index (χ1) is 9.75. The Morgan fingerprint density at radius 2 is 2.15 bits per heavy atom. The Morgan fingerprint density at radius 1 is 1.30 bits per heavy atom. The second-order valence-corrected chi connectivity index (χ2v) is 6.63. The Balaban J connectivity index is 1.79. The van der Waals surface area contributed by atoms with Crippen LogP contribution in [0.15, 0.2) is 18.5 Å². The van der Waals surface area contributed by atoms with E-state index < -0.39 is 0 Å². The van der Waals surface area contributed by atoms with Crippen LogP contribution in [0.1, 0.15) is 51.5 Å². The topological polar surface area (TPSA) is 28.2 Å². The maximum atomic E-state index is 4.39. The van der Waals surface area contributed by atoms with Crippen molar-refractivity contribution in [2.24, 2.45) is 5.92 Å². The van der Waals surface area contributed by atoms with Gasteiger partial charge < -0.3 is 10.2 Å². The lowest BCUT2D eigenvalue weighted by Gasteiger charge is -2.34. The molecule has 0 aromatic carbocycles. The summed E-state index contributed by atoms with van der Waals surface area (Å²) < 4.78 is 0. The van der Waals surface area contributed by atoms with Gasteiger partial charge in [-0.1, -0.05) is 26.7 Å². The molecule has 2 heterocycles. The minimum absolute atomic E-state index is 0.525. The van der Waals surface area contributed by atoms with Gasteiger partial charge in [0, 0.05) is 31.4 Å². The van der Waals surface area contributed by atoms with Gasteiger partial charge in [0.2, 0.25) is 0 Å². The molecule has 0 bridgehead atoms. The minimum atomic E-state index is 0.525. The third-order valence-corrected chi connectivity index (χ3v) is 4.91. The molecule has 2 unspecified atom stereocenters. The maximum absolute atomic E-state index is 4.39. The smallest absolute Gasteiger partial charge is 0.0600 e. The molecule has 3 nitrogen and oxygen atoms in total. The fourth-order valence-corrected chi connectivity index (χ4v) is 3.84. The normalized spacial score (nSPS) is 26.1. The average molecular weight is 273 g/mol. The Bertz CT molecular complexity index is 444. The first-order valence-corrected chi connectivity index (χ1v) is 8.18. The molecule has 1 saturated carbocycles. The Hall–Kier alpha value is -1.09. The fraction of sp³-hybridized carbons (Fsp3) is 0.706. The van der Waals surface area contributed by atoms with Crippen LogP contribution in [-0.2, 0) is 6.54 Å². The van der Waals surface area contributed by atoms with Crippen molar-refractivity contribution in [1.82, 2.24) is 10.3 Å². The number of rotatable bonds is 4. The Kier molecular flexibility index (Phi) is 4.25. The summed E-state index contributed by atoms with van der Waals surface area (Å²) in [5.41, 5.74) is 2.77. The molecule has 0 amide bonds. The van der Waals surface area contributed by atoms with E-state index in [0.717, 1.165) is 18.5 Å². The van der Waals surface area contributed by atoms with Gasteiger partial charge in [-0.25, -0.2) is 0 Å². The van der Waals surface area contributed by atoms with Crippen LogP contribution in [0.4, 0.5) is 5.69 Å². The van der Waals surface area contributed by atoms with E-state index in [1.165, 1.54) is 49.9 Å². The van der Waals surface area contributed by atoms with Crippen molar-refractivity contribution in [3.63, 3.8) is 0 Å². The number of hydrogen-bond acceptors (Lipinski definition) is 3. The molecule has 3 heteroatoms. The van der Waals surface area contributed by atoms with Gasteiger partial charge in [0.05, 0.1) is 11.9 Å². The summed E-state index contributed by atoms with van der Waals surface area (Å²) in [6.07, 6.45) is 11.0. The Labute approximate surface area is 122 Å². The highest BCUT2D eigenvalue weighted by atomic mass is 15.2. The van der Waals surface area contributed by atoms with Crippen molar-refractivity contribution in [1.29, 1.82) is 0 Å². The zero-order valence-electron chi connectivity index (χ0n) is 12.8. The van der Waals surface area contributed by atoms with Crippen LogP contribution in [0.2, 0.25) is 0 Å². The lowest BCUT2D eigenvalue weighted by Crippen LogP contribution is -2.36. The molecule has 0 spiro atoms. The minimum Gasteiger partial charge on any atom is -0.367 e. The molecule has 2 atom stereocenters. The molecule has 1 aliphatic carbocycles. The molecule has 1 aliphatic heterocycles. The molecule has 3 rings (SSSR count). The zero-order chi connectivity index (χ0) is 13.9. The largest absolute Gasteiger partial charge is 0.367 e. The van der Waals surface area contributed by atoms with E-state index in [-0.39, 0.29) is 0 Å². The van der Waals surface area contributed by atoms with Crippen LogP contribution in [-0.4, -0.2) is 23.6 Å². The molecular weight excluding hydrogens is 246 g/mol. The Morgan fingerprint density at radius 3 is 3.00 bits per heavy atom. The predicted molar refractivity (Wildman–Crippen MR) is 83.9 cm³/mol. The number of pyridine rings is 1. The summed E-state index contributed by atoms with van der Waals surface area (Å²) >= 11 is 0. The van der Waals surface area contributed by atoms with E-state index in [9.17, 15) is 0 Å². The molecule has 1 aromatic heterocycles. The zero-order valence-corrected chi connectivity index (χ0v) is 12.8. The summed E-state index contributed by atoms with van der Waals surface area (Å²) in [5, 5.41) is 3.54. The maximum Gasteiger partial charge on any atom is 0.0600 e. The van der Waals surface area contributed by atoms with Crippen molar-refractivity contribution >= 4 is 5.69 Å². The van der Waals surface area contributed by atoms with Crippen LogP contribution in [0, 0.1) is 5.92 Å². The molecular formula is C17H27N3. The van der Waals surface area contributed by atoms with Gasteiger partial charge in [-0.05, 0) is 36.8 Å². The fourth-order valence-electron chi connectivity index (χ4n) is 3.84. The van der Waals surface area contributed by atoms with Crippen molar-refractivity contribution in [2.75, 3.05) is 11.4 Å². The highest BCUT2D eigenvalue weighted by molar-refractivity contribution is 5.53. The third-order valence-electron chi connectivity index (χ3n) is 4.91. The van der Waals surface area contributed by atoms with Gasteiger partial charge in [0.1, 0.15) is 0 Å². The number of fused-ring (bicyclic) bond motifs is 1. The number of hydrogen-bond donors (Lipinski definition) is 1. The lowest BCUT2D eigenvalue weighted by atomic mass is 9.85. The summed E-state index contributed by atoms with van der Waals surface area (Å²) in [5.74, 6) is 0.926. The van der Waals surface area contributed by atoms with Crippen molar-refractivity contribution in [3.8, 4) is 0 Å². The highest BCUT2D eigenvalue weighted by Gasteiger charge is 2.36. The highest BCUT2D eigenvalue weighted by Crippen LogP contribution is 2.39. The van der Waals surface area contributed by atoms with Gasteiger partial charge >= 0.3 is 0 Å². The van der Waals surface area contributed by atoms with Crippen molar-refractivity contribution < 1.29 is 0 Å². The molecule has 1 saturated heterocycles. The quantitative estimate of drug-likeness (QED) is 0.912. The van der Waals surface area contributed by atoms with Crippen LogP contribution in [0.25, 0.3) is 0 Å². The van der Waals surface area contributed by atoms with E-state index in [4.69, 9.17) is 0 Å². The van der Waals surface area contributed by atoms with E-state index in [1.54, 1.807) is 0 Å². The van der Waals surface area contributed by atoms with Crippen LogP contribution in [0.3, 0.4) is 0 Å². The molecule has 110 valence electrons. The average Bonchev–Trinajstić information content (AvgIpc) is 2.89. The van der Waals surface area contributed by atoms with Crippen molar-refractivity contribution in [2.45, 2.75) is 64.6 Å².